The third-order valence-corrected chi connectivity index (χ3v) is 4.42. The van der Waals surface area contributed by atoms with Gasteiger partial charge in [0.25, 0.3) is 5.78 Å². The predicted octanol–water partition coefficient (Wildman–Crippen LogP) is 2.17. The Balaban J connectivity index is 1.42. The van der Waals surface area contributed by atoms with E-state index >= 15 is 0 Å². The summed E-state index contributed by atoms with van der Waals surface area (Å²) in [6, 6.07) is 10.3. The smallest absolute Gasteiger partial charge is 0.254 e. The number of aromatic nitrogens is 4. The highest BCUT2D eigenvalue weighted by Crippen LogP contribution is 2.16. The van der Waals surface area contributed by atoms with Crippen molar-refractivity contribution >= 4 is 17.5 Å². The number of hydrogen-bond donors (Lipinski definition) is 1. The lowest BCUT2D eigenvalue weighted by Crippen LogP contribution is -2.23. The maximum Gasteiger partial charge on any atom is 0.254 e. The van der Waals surface area contributed by atoms with E-state index in [9.17, 15) is 4.79 Å². The Labute approximate surface area is 145 Å². The second kappa shape index (κ2) is 6.51. The zero-order valence-electron chi connectivity index (χ0n) is 14.1. The van der Waals surface area contributed by atoms with Crippen LogP contribution in [-0.2, 0) is 17.9 Å². The molecule has 1 saturated heterocycles. The number of aryl methyl sites for hydroxylation is 1. The van der Waals surface area contributed by atoms with Crippen molar-refractivity contribution in [3.63, 3.8) is 0 Å². The number of carbonyl (C=O) groups excluding carboxylic acids is 1. The third-order valence-electron chi connectivity index (χ3n) is 4.42. The number of likely N-dealkylation sites (tertiary alicyclic amines) is 1. The number of benzene rings is 1. The fourth-order valence-electron chi connectivity index (χ4n) is 3.10. The fourth-order valence-corrected chi connectivity index (χ4v) is 3.10. The maximum absolute atomic E-state index is 11.7. The minimum atomic E-state index is 0.260. The standard InChI is InChI=1S/C18H20N6O/c1-13-9-16(24-18(22-13)20-12-21-24)19-10-14-4-6-15(7-5-14)11-23-8-2-3-17(23)25/h4-7,9,12,19H,2-3,8,10-11H2,1H3. The molecule has 0 bridgehead atoms. The van der Waals surface area contributed by atoms with E-state index in [0.29, 0.717) is 25.3 Å². The Hall–Kier alpha value is -2.96. The lowest BCUT2D eigenvalue weighted by atomic mass is 10.1. The highest BCUT2D eigenvalue weighted by molar-refractivity contribution is 5.78. The van der Waals surface area contributed by atoms with Crippen molar-refractivity contribution in [1.29, 1.82) is 0 Å². The monoisotopic (exact) mass is 336 g/mol. The van der Waals surface area contributed by atoms with Crippen LogP contribution in [0.4, 0.5) is 5.82 Å². The first-order valence-corrected chi connectivity index (χ1v) is 8.46. The molecule has 1 aliphatic heterocycles. The topological polar surface area (TPSA) is 75.4 Å². The van der Waals surface area contributed by atoms with Crippen molar-refractivity contribution in [2.45, 2.75) is 32.9 Å². The molecule has 0 saturated carbocycles. The van der Waals surface area contributed by atoms with Gasteiger partial charge in [0.2, 0.25) is 5.91 Å². The van der Waals surface area contributed by atoms with Crippen LogP contribution in [-0.4, -0.2) is 36.9 Å². The number of carbonyl (C=O) groups is 1. The fraction of sp³-hybridized carbons (Fsp3) is 0.333. The number of amides is 1. The first kappa shape index (κ1) is 15.6. The van der Waals surface area contributed by atoms with E-state index in [2.05, 4.69) is 44.6 Å². The van der Waals surface area contributed by atoms with Gasteiger partial charge >= 0.3 is 0 Å². The second-order valence-corrected chi connectivity index (χ2v) is 6.34. The maximum atomic E-state index is 11.7. The van der Waals surface area contributed by atoms with Crippen molar-refractivity contribution < 1.29 is 4.79 Å². The summed E-state index contributed by atoms with van der Waals surface area (Å²) in [4.78, 5) is 22.1. The van der Waals surface area contributed by atoms with E-state index in [1.807, 2.05) is 17.9 Å². The largest absolute Gasteiger partial charge is 0.366 e. The van der Waals surface area contributed by atoms with Crippen molar-refractivity contribution in [1.82, 2.24) is 24.5 Å². The molecule has 0 radical (unpaired) electrons. The van der Waals surface area contributed by atoms with E-state index in [1.54, 1.807) is 4.52 Å². The average Bonchev–Trinajstić information content (AvgIpc) is 3.23. The van der Waals surface area contributed by atoms with Gasteiger partial charge in [0.15, 0.2) is 0 Å². The number of fused-ring (bicyclic) bond motifs is 1. The zero-order chi connectivity index (χ0) is 17.2. The first-order chi connectivity index (χ1) is 12.2. The van der Waals surface area contributed by atoms with Gasteiger partial charge in [-0.25, -0.2) is 4.98 Å². The molecule has 1 aliphatic rings. The lowest BCUT2D eigenvalue weighted by Gasteiger charge is -2.15. The number of nitrogens with one attached hydrogen (secondary N) is 1. The molecule has 0 unspecified atom stereocenters. The highest BCUT2D eigenvalue weighted by atomic mass is 16.2. The molecule has 128 valence electrons. The van der Waals surface area contributed by atoms with E-state index in [-0.39, 0.29) is 5.91 Å². The molecule has 4 rings (SSSR count). The lowest BCUT2D eigenvalue weighted by molar-refractivity contribution is -0.128. The molecule has 7 nitrogen and oxygen atoms in total. The molecule has 0 spiro atoms. The van der Waals surface area contributed by atoms with Crippen LogP contribution in [0.1, 0.15) is 29.7 Å². The third kappa shape index (κ3) is 3.31. The van der Waals surface area contributed by atoms with Gasteiger partial charge < -0.3 is 10.2 Å². The van der Waals surface area contributed by atoms with Crippen LogP contribution in [0.3, 0.4) is 0 Å². The van der Waals surface area contributed by atoms with Gasteiger partial charge in [-0.1, -0.05) is 24.3 Å². The molecule has 3 aromatic rings. The van der Waals surface area contributed by atoms with E-state index in [0.717, 1.165) is 30.0 Å². The Bertz CT molecular complexity index is 902. The molecule has 1 aromatic carbocycles. The van der Waals surface area contributed by atoms with Crippen molar-refractivity contribution in [2.24, 2.45) is 0 Å². The summed E-state index contributed by atoms with van der Waals surface area (Å²) in [5.74, 6) is 1.72. The van der Waals surface area contributed by atoms with Gasteiger partial charge in [-0.15, -0.1) is 0 Å². The summed E-state index contributed by atoms with van der Waals surface area (Å²) in [5.41, 5.74) is 3.23. The second-order valence-electron chi connectivity index (χ2n) is 6.34. The van der Waals surface area contributed by atoms with Gasteiger partial charge in [0.1, 0.15) is 12.1 Å². The minimum Gasteiger partial charge on any atom is -0.366 e. The van der Waals surface area contributed by atoms with Crippen molar-refractivity contribution in [2.75, 3.05) is 11.9 Å². The average molecular weight is 336 g/mol. The van der Waals surface area contributed by atoms with Crippen molar-refractivity contribution in [3.05, 3.63) is 53.5 Å². The molecule has 3 heterocycles. The molecule has 7 heteroatoms. The van der Waals surface area contributed by atoms with Crippen LogP contribution >= 0.6 is 0 Å². The molecule has 1 fully saturated rings. The van der Waals surface area contributed by atoms with Crippen LogP contribution in [0.2, 0.25) is 0 Å². The molecule has 0 aliphatic carbocycles. The summed E-state index contributed by atoms with van der Waals surface area (Å²) in [6.07, 6.45) is 3.16. The van der Waals surface area contributed by atoms with Gasteiger partial charge in [-0.2, -0.15) is 14.6 Å². The highest BCUT2D eigenvalue weighted by Gasteiger charge is 2.19. The Morgan fingerprint density at radius 2 is 2.00 bits per heavy atom. The van der Waals surface area contributed by atoms with Crippen LogP contribution < -0.4 is 5.32 Å². The van der Waals surface area contributed by atoms with Gasteiger partial charge in [0.05, 0.1) is 0 Å². The van der Waals surface area contributed by atoms with Gasteiger partial charge in [-0.3, -0.25) is 4.79 Å². The Morgan fingerprint density at radius 1 is 1.20 bits per heavy atom. The number of anilines is 1. The minimum absolute atomic E-state index is 0.260. The quantitative estimate of drug-likeness (QED) is 0.773. The molecular weight excluding hydrogens is 316 g/mol. The Morgan fingerprint density at radius 3 is 2.76 bits per heavy atom. The molecule has 0 atom stereocenters. The van der Waals surface area contributed by atoms with Crippen molar-refractivity contribution in [3.8, 4) is 0 Å². The molecule has 1 N–H and O–H groups in total. The summed E-state index contributed by atoms with van der Waals surface area (Å²) in [5, 5.41) is 7.58. The first-order valence-electron chi connectivity index (χ1n) is 8.46. The normalized spacial score (nSPS) is 14.4. The van der Waals surface area contributed by atoms with E-state index < -0.39 is 0 Å². The predicted molar refractivity (Wildman–Crippen MR) is 93.9 cm³/mol. The summed E-state index contributed by atoms with van der Waals surface area (Å²) in [7, 11) is 0. The summed E-state index contributed by atoms with van der Waals surface area (Å²) < 4.78 is 1.69. The Kier molecular flexibility index (Phi) is 4.05. The number of nitrogens with zero attached hydrogens (tertiary/aromatic N) is 5. The van der Waals surface area contributed by atoms with Crippen LogP contribution in [0.25, 0.3) is 5.78 Å². The van der Waals surface area contributed by atoms with Crippen LogP contribution in [0.15, 0.2) is 36.7 Å². The number of rotatable bonds is 5. The molecular formula is C18H20N6O. The summed E-state index contributed by atoms with van der Waals surface area (Å²) >= 11 is 0. The molecule has 25 heavy (non-hydrogen) atoms. The SMILES string of the molecule is Cc1cc(NCc2ccc(CN3CCCC3=O)cc2)n2ncnc2n1. The molecule has 2 aromatic heterocycles. The van der Waals surface area contributed by atoms with Gasteiger partial charge in [-0.05, 0) is 24.5 Å². The summed E-state index contributed by atoms with van der Waals surface area (Å²) in [6.45, 7) is 4.20. The van der Waals surface area contributed by atoms with Gasteiger partial charge in [0, 0.05) is 37.8 Å². The van der Waals surface area contributed by atoms with Crippen LogP contribution in [0, 0.1) is 6.92 Å². The van der Waals surface area contributed by atoms with E-state index in [1.165, 1.54) is 11.9 Å². The molecule has 1 amide bonds. The van der Waals surface area contributed by atoms with E-state index in [4.69, 9.17) is 0 Å². The van der Waals surface area contributed by atoms with Crippen LogP contribution in [0.5, 0.6) is 0 Å². The zero-order valence-corrected chi connectivity index (χ0v) is 14.1. The number of hydrogen-bond acceptors (Lipinski definition) is 5.